The maximum Gasteiger partial charge on any atom is 0.0716 e. The average molecular weight is 239 g/mol. The highest BCUT2D eigenvalue weighted by Gasteiger charge is 2.14. The fourth-order valence-corrected chi connectivity index (χ4v) is 2.25. The molecule has 2 rings (SSSR count). The third kappa shape index (κ3) is 2.30. The minimum Gasteiger partial charge on any atom is -0.545 e. The number of anilines is 1. The van der Waals surface area contributed by atoms with Crippen molar-refractivity contribution in [3.05, 3.63) is 28.8 Å². The van der Waals surface area contributed by atoms with Crippen LogP contribution in [0.2, 0.25) is 5.02 Å². The number of hydrogen-bond acceptors (Lipinski definition) is 3. The normalized spacial score (nSPS) is 16.2. The second-order valence-electron chi connectivity index (χ2n) is 4.00. The second-order valence-corrected chi connectivity index (χ2v) is 4.41. The van der Waals surface area contributed by atoms with Crippen LogP contribution in [0.3, 0.4) is 0 Å². The highest BCUT2D eigenvalue weighted by atomic mass is 35.5. The van der Waals surface area contributed by atoms with E-state index in [9.17, 15) is 9.90 Å². The molecular formula is C12H13ClNO2-. The smallest absolute Gasteiger partial charge is 0.0716 e. The molecule has 16 heavy (non-hydrogen) atoms. The molecule has 1 aromatic rings. The predicted octanol–water partition coefficient (Wildman–Crippen LogP) is 1.69. The molecule has 0 amide bonds. The molecule has 86 valence electrons. The number of halogens is 1. The molecule has 0 spiro atoms. The summed E-state index contributed by atoms with van der Waals surface area (Å²) in [6.07, 6.45) is 3.49. The van der Waals surface area contributed by atoms with Crippen molar-refractivity contribution in [2.24, 2.45) is 0 Å². The first kappa shape index (κ1) is 11.3. The number of piperidine rings is 1. The molecule has 3 nitrogen and oxygen atoms in total. The van der Waals surface area contributed by atoms with Gasteiger partial charge in [0, 0.05) is 13.1 Å². The first-order chi connectivity index (χ1) is 7.68. The Morgan fingerprint density at radius 2 is 1.94 bits per heavy atom. The number of nitrogens with zero attached hydrogens (tertiary/aromatic N) is 1. The lowest BCUT2D eigenvalue weighted by molar-refractivity contribution is -0.255. The van der Waals surface area contributed by atoms with Gasteiger partial charge in [-0.05, 0) is 37.0 Å². The average Bonchev–Trinajstić information content (AvgIpc) is 2.30. The topological polar surface area (TPSA) is 43.4 Å². The van der Waals surface area contributed by atoms with E-state index < -0.39 is 5.97 Å². The van der Waals surface area contributed by atoms with Gasteiger partial charge < -0.3 is 14.8 Å². The summed E-state index contributed by atoms with van der Waals surface area (Å²) in [6, 6.07) is 4.70. The van der Waals surface area contributed by atoms with Crippen LogP contribution in [0.15, 0.2) is 18.2 Å². The monoisotopic (exact) mass is 238 g/mol. The number of benzene rings is 1. The number of hydrogen-bond donors (Lipinski definition) is 0. The number of carboxylic acids is 1. The van der Waals surface area contributed by atoms with E-state index in [1.165, 1.54) is 12.5 Å². The Labute approximate surface area is 99.6 Å². The standard InChI is InChI=1S/C12H14ClNO2/c13-10-5-4-9(12(15)16)8-11(10)14-6-2-1-3-7-14/h4-5,8H,1-3,6-7H2,(H,15,16)/p-1. The van der Waals surface area contributed by atoms with Crippen molar-refractivity contribution in [2.45, 2.75) is 19.3 Å². The summed E-state index contributed by atoms with van der Waals surface area (Å²) in [6.45, 7) is 1.88. The quantitative estimate of drug-likeness (QED) is 0.788. The van der Waals surface area contributed by atoms with Gasteiger partial charge in [-0.15, -0.1) is 0 Å². The van der Waals surface area contributed by atoms with E-state index in [2.05, 4.69) is 4.90 Å². The fraction of sp³-hybridized carbons (Fsp3) is 0.417. The first-order valence-corrected chi connectivity index (χ1v) is 5.82. The molecule has 4 heteroatoms. The Bertz CT molecular complexity index is 400. The van der Waals surface area contributed by atoms with Crippen molar-refractivity contribution in [2.75, 3.05) is 18.0 Å². The second kappa shape index (κ2) is 4.74. The van der Waals surface area contributed by atoms with Gasteiger partial charge in [0.15, 0.2) is 0 Å². The Morgan fingerprint density at radius 3 is 2.56 bits per heavy atom. The Hall–Kier alpha value is -1.22. The first-order valence-electron chi connectivity index (χ1n) is 5.44. The molecule has 0 aromatic heterocycles. The minimum atomic E-state index is -1.16. The third-order valence-corrected chi connectivity index (χ3v) is 3.20. The molecule has 1 heterocycles. The van der Waals surface area contributed by atoms with E-state index in [4.69, 9.17) is 11.6 Å². The minimum absolute atomic E-state index is 0.185. The van der Waals surface area contributed by atoms with Gasteiger partial charge in [0.25, 0.3) is 0 Å². The van der Waals surface area contributed by atoms with Crippen LogP contribution in [0.5, 0.6) is 0 Å². The maximum absolute atomic E-state index is 10.8. The number of aromatic carboxylic acids is 1. The molecule has 1 aliphatic rings. The summed E-state index contributed by atoms with van der Waals surface area (Å²) < 4.78 is 0. The molecule has 1 saturated heterocycles. The summed E-state index contributed by atoms with van der Waals surface area (Å²) in [4.78, 5) is 12.9. The zero-order valence-corrected chi connectivity index (χ0v) is 9.67. The van der Waals surface area contributed by atoms with Crippen LogP contribution < -0.4 is 10.0 Å². The highest BCUT2D eigenvalue weighted by Crippen LogP contribution is 2.29. The van der Waals surface area contributed by atoms with E-state index in [0.29, 0.717) is 5.02 Å². The number of carboxylic acid groups (broad SMARTS) is 1. The van der Waals surface area contributed by atoms with Gasteiger partial charge in [-0.25, -0.2) is 0 Å². The van der Waals surface area contributed by atoms with E-state index in [1.54, 1.807) is 12.1 Å². The lowest BCUT2D eigenvalue weighted by atomic mass is 10.1. The van der Waals surface area contributed by atoms with Gasteiger partial charge in [-0.1, -0.05) is 17.7 Å². The third-order valence-electron chi connectivity index (χ3n) is 2.88. The molecule has 0 bridgehead atoms. The Kier molecular flexibility index (Phi) is 3.34. The lowest BCUT2D eigenvalue weighted by Gasteiger charge is -2.30. The summed E-state index contributed by atoms with van der Waals surface area (Å²) in [5.74, 6) is -1.16. The maximum atomic E-state index is 10.8. The van der Waals surface area contributed by atoms with Crippen molar-refractivity contribution in [1.82, 2.24) is 0 Å². The van der Waals surface area contributed by atoms with Gasteiger partial charge in [0.1, 0.15) is 0 Å². The van der Waals surface area contributed by atoms with Crippen molar-refractivity contribution >= 4 is 23.3 Å². The SMILES string of the molecule is O=C([O-])c1ccc(Cl)c(N2CCCCC2)c1. The molecule has 0 radical (unpaired) electrons. The Balaban J connectivity index is 2.30. The number of carbonyl (C=O) groups is 1. The lowest BCUT2D eigenvalue weighted by Crippen LogP contribution is -2.30. The van der Waals surface area contributed by atoms with Crippen LogP contribution in [0.4, 0.5) is 5.69 Å². The molecular weight excluding hydrogens is 226 g/mol. The molecule has 1 aliphatic heterocycles. The summed E-state index contributed by atoms with van der Waals surface area (Å²) >= 11 is 6.08. The van der Waals surface area contributed by atoms with E-state index in [1.807, 2.05) is 0 Å². The molecule has 0 atom stereocenters. The van der Waals surface area contributed by atoms with Crippen molar-refractivity contribution < 1.29 is 9.90 Å². The van der Waals surface area contributed by atoms with Gasteiger partial charge >= 0.3 is 0 Å². The van der Waals surface area contributed by atoms with Crippen LogP contribution in [0.25, 0.3) is 0 Å². The van der Waals surface area contributed by atoms with Gasteiger partial charge in [0.2, 0.25) is 0 Å². The molecule has 1 fully saturated rings. The van der Waals surface area contributed by atoms with Gasteiger partial charge in [-0.3, -0.25) is 0 Å². The van der Waals surface area contributed by atoms with Crippen LogP contribution in [-0.2, 0) is 0 Å². The van der Waals surface area contributed by atoms with E-state index >= 15 is 0 Å². The molecule has 0 aliphatic carbocycles. The molecule has 0 unspecified atom stereocenters. The largest absolute Gasteiger partial charge is 0.545 e. The highest BCUT2D eigenvalue weighted by molar-refractivity contribution is 6.33. The summed E-state index contributed by atoms with van der Waals surface area (Å²) in [5.41, 5.74) is 0.994. The van der Waals surface area contributed by atoms with Crippen molar-refractivity contribution in [3.8, 4) is 0 Å². The van der Waals surface area contributed by atoms with Gasteiger partial charge in [-0.2, -0.15) is 0 Å². The Morgan fingerprint density at radius 1 is 1.25 bits per heavy atom. The number of rotatable bonds is 2. The van der Waals surface area contributed by atoms with Crippen molar-refractivity contribution in [3.63, 3.8) is 0 Å². The van der Waals surface area contributed by atoms with Crippen LogP contribution in [0, 0.1) is 0 Å². The molecule has 0 N–H and O–H groups in total. The summed E-state index contributed by atoms with van der Waals surface area (Å²) in [7, 11) is 0. The van der Waals surface area contributed by atoms with Gasteiger partial charge in [0.05, 0.1) is 16.7 Å². The van der Waals surface area contributed by atoms with E-state index in [-0.39, 0.29) is 5.56 Å². The molecule has 0 saturated carbocycles. The predicted molar refractivity (Wildman–Crippen MR) is 61.8 cm³/mol. The zero-order valence-electron chi connectivity index (χ0n) is 8.91. The van der Waals surface area contributed by atoms with Crippen LogP contribution in [0.1, 0.15) is 29.6 Å². The fourth-order valence-electron chi connectivity index (χ4n) is 2.02. The molecule has 1 aromatic carbocycles. The summed E-state index contributed by atoms with van der Waals surface area (Å²) in [5, 5.41) is 11.4. The zero-order chi connectivity index (χ0) is 11.5. The number of carbonyl (C=O) groups excluding carboxylic acids is 1. The van der Waals surface area contributed by atoms with Crippen molar-refractivity contribution in [1.29, 1.82) is 0 Å². The van der Waals surface area contributed by atoms with Crippen LogP contribution >= 0.6 is 11.6 Å². The van der Waals surface area contributed by atoms with E-state index in [0.717, 1.165) is 31.6 Å². The van der Waals surface area contributed by atoms with Crippen LogP contribution in [-0.4, -0.2) is 19.1 Å².